The number of aromatic amines is 1. The Morgan fingerprint density at radius 2 is 2.12 bits per heavy atom. The number of hydrogen-bond acceptors (Lipinski definition) is 3. The monoisotopic (exact) mass is 374 g/mol. The lowest BCUT2D eigenvalue weighted by atomic mass is 10.0. The minimum absolute atomic E-state index is 0.427. The van der Waals surface area contributed by atoms with E-state index >= 15 is 0 Å². The van der Waals surface area contributed by atoms with Gasteiger partial charge in [-0.3, -0.25) is 10.00 Å². The van der Waals surface area contributed by atoms with Crippen LogP contribution in [0.2, 0.25) is 10.0 Å². The summed E-state index contributed by atoms with van der Waals surface area (Å²) < 4.78 is 0. The number of nitrogens with one attached hydrogen (secondary N) is 2. The van der Waals surface area contributed by atoms with Crippen molar-refractivity contribution < 1.29 is 0 Å². The predicted molar refractivity (Wildman–Crippen MR) is 104 cm³/mol. The van der Waals surface area contributed by atoms with Gasteiger partial charge in [0.05, 0.1) is 11.7 Å². The van der Waals surface area contributed by atoms with E-state index in [0.717, 1.165) is 51.8 Å². The normalized spacial score (nSPS) is 18.6. The van der Waals surface area contributed by atoms with E-state index in [1.165, 1.54) is 12.8 Å². The fourth-order valence-electron chi connectivity index (χ4n) is 3.49. The molecule has 0 saturated carbocycles. The smallest absolute Gasteiger partial charge is 0.0651 e. The fourth-order valence-corrected chi connectivity index (χ4v) is 3.86. The Bertz CT molecular complexity index is 877. The van der Waals surface area contributed by atoms with Crippen molar-refractivity contribution in [1.29, 1.82) is 0 Å². The summed E-state index contributed by atoms with van der Waals surface area (Å²) in [5, 5.41) is 13.4. The molecule has 25 heavy (non-hydrogen) atoms. The highest BCUT2D eigenvalue weighted by Gasteiger charge is 2.20. The summed E-state index contributed by atoms with van der Waals surface area (Å²) in [4.78, 5) is 2.44. The Morgan fingerprint density at radius 1 is 1.20 bits per heavy atom. The number of aromatic nitrogens is 2. The van der Waals surface area contributed by atoms with Gasteiger partial charge >= 0.3 is 0 Å². The highest BCUT2D eigenvalue weighted by molar-refractivity contribution is 6.33. The maximum atomic E-state index is 6.32. The molecule has 2 heterocycles. The predicted octanol–water partition coefficient (Wildman–Crippen LogP) is 4.95. The number of H-pyrrole nitrogens is 1. The van der Waals surface area contributed by atoms with Crippen LogP contribution in [0.1, 0.15) is 18.4 Å². The van der Waals surface area contributed by atoms with Crippen molar-refractivity contribution in [3.05, 3.63) is 58.2 Å². The molecule has 1 atom stereocenters. The van der Waals surface area contributed by atoms with Crippen LogP contribution >= 0.6 is 23.2 Å². The van der Waals surface area contributed by atoms with Crippen LogP contribution in [0.5, 0.6) is 0 Å². The molecule has 2 N–H and O–H groups in total. The molecule has 2 aromatic carbocycles. The Balaban J connectivity index is 1.42. The molecule has 0 bridgehead atoms. The van der Waals surface area contributed by atoms with Gasteiger partial charge in [0.25, 0.3) is 0 Å². The van der Waals surface area contributed by atoms with Crippen LogP contribution in [0.15, 0.2) is 42.6 Å². The van der Waals surface area contributed by atoms with Gasteiger partial charge in [-0.05, 0) is 61.3 Å². The second-order valence-electron chi connectivity index (χ2n) is 6.63. The van der Waals surface area contributed by atoms with Crippen molar-refractivity contribution >= 4 is 39.8 Å². The number of likely N-dealkylation sites (tertiary alicyclic amines) is 1. The Labute approximate surface area is 157 Å². The number of halogens is 2. The van der Waals surface area contributed by atoms with Gasteiger partial charge in [-0.15, -0.1) is 0 Å². The maximum Gasteiger partial charge on any atom is 0.0651 e. The molecule has 1 saturated heterocycles. The van der Waals surface area contributed by atoms with Crippen LogP contribution in [0, 0.1) is 0 Å². The van der Waals surface area contributed by atoms with Crippen LogP contribution in [0.4, 0.5) is 5.69 Å². The number of anilines is 1. The first-order valence-corrected chi connectivity index (χ1v) is 9.29. The molecule has 3 aromatic rings. The third kappa shape index (κ3) is 3.92. The summed E-state index contributed by atoms with van der Waals surface area (Å²) in [6.07, 6.45) is 4.20. The largest absolute Gasteiger partial charge is 0.381 e. The van der Waals surface area contributed by atoms with E-state index < -0.39 is 0 Å². The Hall–Kier alpha value is -1.75. The molecule has 0 spiro atoms. The quantitative estimate of drug-likeness (QED) is 0.679. The van der Waals surface area contributed by atoms with Crippen LogP contribution in [-0.2, 0) is 6.54 Å². The zero-order valence-electron chi connectivity index (χ0n) is 13.8. The molecule has 0 radical (unpaired) electrons. The lowest BCUT2D eigenvalue weighted by Gasteiger charge is -2.34. The topological polar surface area (TPSA) is 44.0 Å². The molecule has 1 fully saturated rings. The van der Waals surface area contributed by atoms with Gasteiger partial charge in [-0.1, -0.05) is 23.2 Å². The molecule has 4 nitrogen and oxygen atoms in total. The first kappa shape index (κ1) is 16.7. The lowest BCUT2D eigenvalue weighted by molar-refractivity contribution is 0.208. The van der Waals surface area contributed by atoms with Gasteiger partial charge in [0, 0.05) is 40.3 Å². The summed E-state index contributed by atoms with van der Waals surface area (Å²) in [7, 11) is 0. The van der Waals surface area contributed by atoms with E-state index in [9.17, 15) is 0 Å². The van der Waals surface area contributed by atoms with Crippen molar-refractivity contribution in [2.45, 2.75) is 25.4 Å². The molecule has 0 aliphatic carbocycles. The van der Waals surface area contributed by atoms with Crippen molar-refractivity contribution in [2.24, 2.45) is 0 Å². The number of nitrogens with zero attached hydrogens (tertiary/aromatic N) is 2. The summed E-state index contributed by atoms with van der Waals surface area (Å²) in [5.74, 6) is 0. The third-order valence-corrected chi connectivity index (χ3v) is 5.32. The molecule has 130 valence electrons. The van der Waals surface area contributed by atoms with E-state index in [2.05, 4.69) is 38.6 Å². The molecule has 1 unspecified atom stereocenters. The van der Waals surface area contributed by atoms with Crippen LogP contribution in [-0.4, -0.2) is 34.2 Å². The molecule has 0 amide bonds. The minimum Gasteiger partial charge on any atom is -0.381 e. The molecule has 6 heteroatoms. The highest BCUT2D eigenvalue weighted by atomic mass is 35.5. The minimum atomic E-state index is 0.427. The van der Waals surface area contributed by atoms with Gasteiger partial charge < -0.3 is 5.32 Å². The van der Waals surface area contributed by atoms with Crippen LogP contribution in [0.25, 0.3) is 10.9 Å². The van der Waals surface area contributed by atoms with Crippen LogP contribution in [0.3, 0.4) is 0 Å². The summed E-state index contributed by atoms with van der Waals surface area (Å²) in [6, 6.07) is 12.4. The second kappa shape index (κ2) is 7.24. The van der Waals surface area contributed by atoms with E-state index in [1.54, 1.807) is 0 Å². The molecular formula is C19H20Cl2N4. The Morgan fingerprint density at radius 3 is 3.04 bits per heavy atom. The van der Waals surface area contributed by atoms with Gasteiger partial charge in [0.2, 0.25) is 0 Å². The number of hydrogen-bond donors (Lipinski definition) is 2. The van der Waals surface area contributed by atoms with Gasteiger partial charge in [0.1, 0.15) is 0 Å². The number of piperidine rings is 1. The summed E-state index contributed by atoms with van der Waals surface area (Å²) in [5.41, 5.74) is 3.29. The summed E-state index contributed by atoms with van der Waals surface area (Å²) in [6.45, 7) is 2.91. The Kier molecular flexibility index (Phi) is 4.84. The third-order valence-electron chi connectivity index (χ3n) is 4.72. The number of benzene rings is 2. The van der Waals surface area contributed by atoms with E-state index in [-0.39, 0.29) is 0 Å². The first-order valence-electron chi connectivity index (χ1n) is 8.53. The average Bonchev–Trinajstić information content (AvgIpc) is 3.06. The van der Waals surface area contributed by atoms with E-state index in [4.69, 9.17) is 23.2 Å². The van der Waals surface area contributed by atoms with Gasteiger partial charge in [-0.2, -0.15) is 5.10 Å². The van der Waals surface area contributed by atoms with Crippen molar-refractivity contribution in [1.82, 2.24) is 15.1 Å². The van der Waals surface area contributed by atoms with Crippen LogP contribution < -0.4 is 5.32 Å². The summed E-state index contributed by atoms with van der Waals surface area (Å²) >= 11 is 12.4. The van der Waals surface area contributed by atoms with E-state index in [0.29, 0.717) is 6.04 Å². The number of rotatable bonds is 4. The zero-order chi connectivity index (χ0) is 17.2. The zero-order valence-corrected chi connectivity index (χ0v) is 15.3. The fraction of sp³-hybridized carbons (Fsp3) is 0.316. The maximum absolute atomic E-state index is 6.32. The lowest BCUT2D eigenvalue weighted by Crippen LogP contribution is -2.41. The number of fused-ring (bicyclic) bond motifs is 1. The van der Waals surface area contributed by atoms with Crippen molar-refractivity contribution in [3.63, 3.8) is 0 Å². The SMILES string of the molecule is Clc1ccc(Cl)c(CN2CCCC(Nc3ccc4[nH]ncc4c3)C2)c1. The van der Waals surface area contributed by atoms with E-state index in [1.807, 2.05) is 24.4 Å². The molecule has 4 rings (SSSR count). The second-order valence-corrected chi connectivity index (χ2v) is 7.47. The first-order chi connectivity index (χ1) is 12.2. The standard InChI is InChI=1S/C19H20Cl2N4/c20-15-3-5-18(21)14(8-15)11-25-7-1-2-17(12-25)23-16-4-6-19-13(9-16)10-22-24-19/h3-6,8-10,17,23H,1-2,7,11-12H2,(H,22,24). The molecular weight excluding hydrogens is 355 g/mol. The van der Waals surface area contributed by atoms with Gasteiger partial charge in [0.15, 0.2) is 0 Å². The molecule has 1 aliphatic rings. The van der Waals surface area contributed by atoms with Gasteiger partial charge in [-0.25, -0.2) is 0 Å². The van der Waals surface area contributed by atoms with Crippen molar-refractivity contribution in [3.8, 4) is 0 Å². The highest BCUT2D eigenvalue weighted by Crippen LogP contribution is 2.25. The molecule has 1 aromatic heterocycles. The molecule has 1 aliphatic heterocycles. The average molecular weight is 375 g/mol. The van der Waals surface area contributed by atoms with Crippen molar-refractivity contribution in [2.75, 3.05) is 18.4 Å².